The number of carboxylic acid groups (broad SMARTS) is 2. The average molecular weight is 526 g/mol. The lowest BCUT2D eigenvalue weighted by atomic mass is 9.98. The first-order valence-electron chi connectivity index (χ1n) is 10.1. The summed E-state index contributed by atoms with van der Waals surface area (Å²) in [5.41, 5.74) is -0.140. The summed E-state index contributed by atoms with van der Waals surface area (Å²) < 4.78 is 75.5. The molecule has 4 heterocycles. The fourth-order valence-electron chi connectivity index (χ4n) is 3.22. The van der Waals surface area contributed by atoms with Gasteiger partial charge in [-0.15, -0.1) is 0 Å². The van der Waals surface area contributed by atoms with Gasteiger partial charge in [0.15, 0.2) is 0 Å². The van der Waals surface area contributed by atoms with E-state index in [4.69, 9.17) is 29.3 Å². The Hall–Kier alpha value is -3.69. The number of carbonyl (C=O) groups is 2. The molecule has 0 radical (unpaired) electrons. The van der Waals surface area contributed by atoms with Gasteiger partial charge in [-0.2, -0.15) is 26.3 Å². The average Bonchev–Trinajstić information content (AvgIpc) is 3.41. The van der Waals surface area contributed by atoms with Gasteiger partial charge in [-0.25, -0.2) is 24.5 Å². The molecule has 0 amide bonds. The standard InChI is InChI=1S/C16H18N4O2.2C2HF3O2/c1-2-6-17-14(4-1)22-13-10-16(21-11-13)5-9-20(12-16)15-18-7-3-8-19-15;2*3-2(4,5)1(6)7/h1-4,6-8,13H,5,9-12H2;2*(H,6,7)/t13-,16-;;/m0../s1. The highest BCUT2D eigenvalue weighted by atomic mass is 19.4. The number of pyridine rings is 1. The van der Waals surface area contributed by atoms with Crippen LogP contribution in [0, 0.1) is 0 Å². The third kappa shape index (κ3) is 8.83. The van der Waals surface area contributed by atoms with Crippen molar-refractivity contribution < 1.29 is 55.6 Å². The van der Waals surface area contributed by atoms with Crippen LogP contribution in [0.2, 0.25) is 0 Å². The van der Waals surface area contributed by atoms with Gasteiger partial charge in [0.25, 0.3) is 0 Å². The van der Waals surface area contributed by atoms with Crippen molar-refractivity contribution >= 4 is 17.9 Å². The number of ether oxygens (including phenoxy) is 2. The lowest BCUT2D eigenvalue weighted by Crippen LogP contribution is -2.34. The topological polar surface area (TPSA) is 135 Å². The van der Waals surface area contributed by atoms with E-state index in [1.165, 1.54) is 0 Å². The van der Waals surface area contributed by atoms with Crippen LogP contribution in [0.3, 0.4) is 0 Å². The van der Waals surface area contributed by atoms with Gasteiger partial charge in [-0.3, -0.25) is 0 Å². The Morgan fingerprint density at radius 3 is 2.03 bits per heavy atom. The van der Waals surface area contributed by atoms with Crippen molar-refractivity contribution in [3.63, 3.8) is 0 Å². The number of rotatable bonds is 3. The number of hydrogen-bond acceptors (Lipinski definition) is 8. The zero-order valence-electron chi connectivity index (χ0n) is 18.2. The molecule has 0 unspecified atom stereocenters. The molecule has 2 saturated heterocycles. The van der Waals surface area contributed by atoms with Crippen molar-refractivity contribution in [2.75, 3.05) is 24.6 Å². The molecule has 1 spiro atoms. The Labute approximate surface area is 199 Å². The first kappa shape index (κ1) is 28.5. The normalized spacial score (nSPS) is 21.2. The molecule has 4 rings (SSSR count). The molecule has 16 heteroatoms. The van der Waals surface area contributed by atoms with E-state index in [1.807, 2.05) is 24.3 Å². The Kier molecular flexibility index (Phi) is 9.38. The predicted octanol–water partition coefficient (Wildman–Crippen LogP) is 2.96. The van der Waals surface area contributed by atoms with Crippen molar-refractivity contribution in [3.8, 4) is 5.88 Å². The molecule has 10 nitrogen and oxygen atoms in total. The molecule has 2 fully saturated rings. The molecule has 36 heavy (non-hydrogen) atoms. The Balaban J connectivity index is 0.000000271. The van der Waals surface area contributed by atoms with E-state index in [-0.39, 0.29) is 11.7 Å². The van der Waals surface area contributed by atoms with E-state index in [2.05, 4.69) is 19.9 Å². The summed E-state index contributed by atoms with van der Waals surface area (Å²) in [6.07, 6.45) is -2.96. The van der Waals surface area contributed by atoms with Gasteiger partial charge in [-0.1, -0.05) is 6.07 Å². The van der Waals surface area contributed by atoms with Crippen LogP contribution in [0.1, 0.15) is 12.8 Å². The van der Waals surface area contributed by atoms with Crippen molar-refractivity contribution in [1.82, 2.24) is 15.0 Å². The van der Waals surface area contributed by atoms with Crippen LogP contribution in [0.4, 0.5) is 32.3 Å². The number of anilines is 1. The van der Waals surface area contributed by atoms with Crippen molar-refractivity contribution in [3.05, 3.63) is 42.9 Å². The Morgan fingerprint density at radius 1 is 0.972 bits per heavy atom. The molecule has 0 saturated carbocycles. The smallest absolute Gasteiger partial charge is 0.475 e. The lowest BCUT2D eigenvalue weighted by molar-refractivity contribution is -0.193. The summed E-state index contributed by atoms with van der Waals surface area (Å²) in [6.45, 7) is 2.35. The van der Waals surface area contributed by atoms with Crippen LogP contribution >= 0.6 is 0 Å². The maximum absolute atomic E-state index is 10.6. The first-order valence-corrected chi connectivity index (χ1v) is 10.1. The number of aliphatic carboxylic acids is 2. The maximum atomic E-state index is 10.6. The van der Waals surface area contributed by atoms with Gasteiger partial charge in [-0.05, 0) is 18.6 Å². The summed E-state index contributed by atoms with van der Waals surface area (Å²) in [7, 11) is 0. The minimum absolute atomic E-state index is 0.0616. The first-order chi connectivity index (χ1) is 16.7. The molecule has 198 valence electrons. The summed E-state index contributed by atoms with van der Waals surface area (Å²) in [4.78, 5) is 32.8. The molecular formula is C20H20F6N4O6. The van der Waals surface area contributed by atoms with E-state index in [9.17, 15) is 26.3 Å². The zero-order chi connectivity index (χ0) is 27.0. The SMILES string of the molecule is O=C(O)C(F)(F)F.O=C(O)C(F)(F)F.c1ccc(O[C@@H]2CO[C@@]3(CCN(c4ncccn4)C3)C2)nc1. The van der Waals surface area contributed by atoms with Gasteiger partial charge in [0.1, 0.15) is 6.10 Å². The van der Waals surface area contributed by atoms with Crippen LogP contribution in [-0.2, 0) is 14.3 Å². The summed E-state index contributed by atoms with van der Waals surface area (Å²) >= 11 is 0. The highest BCUT2D eigenvalue weighted by Crippen LogP contribution is 2.37. The summed E-state index contributed by atoms with van der Waals surface area (Å²) in [5.74, 6) is -4.08. The zero-order valence-corrected chi connectivity index (χ0v) is 18.2. The Bertz CT molecular complexity index is 972. The fraction of sp³-hybridized carbons (Fsp3) is 0.450. The minimum Gasteiger partial charge on any atom is -0.475 e. The quantitative estimate of drug-likeness (QED) is 0.575. The monoisotopic (exact) mass is 526 g/mol. The molecule has 0 aliphatic carbocycles. The molecule has 2 aliphatic rings. The van der Waals surface area contributed by atoms with Gasteiger partial charge in [0, 0.05) is 37.6 Å². The predicted molar refractivity (Wildman–Crippen MR) is 108 cm³/mol. The van der Waals surface area contributed by atoms with Crippen LogP contribution < -0.4 is 9.64 Å². The number of halogens is 6. The van der Waals surface area contributed by atoms with E-state index < -0.39 is 24.3 Å². The summed E-state index contributed by atoms with van der Waals surface area (Å²) in [6, 6.07) is 7.52. The third-order valence-corrected chi connectivity index (χ3v) is 4.74. The van der Waals surface area contributed by atoms with Gasteiger partial charge in [0.2, 0.25) is 11.8 Å². The van der Waals surface area contributed by atoms with Crippen LogP contribution in [0.15, 0.2) is 42.9 Å². The van der Waals surface area contributed by atoms with Crippen LogP contribution in [0.25, 0.3) is 0 Å². The van der Waals surface area contributed by atoms with Crippen LogP contribution in [-0.4, -0.2) is 80.9 Å². The molecule has 0 bridgehead atoms. The fourth-order valence-corrected chi connectivity index (χ4v) is 3.22. The van der Waals surface area contributed by atoms with E-state index >= 15 is 0 Å². The second kappa shape index (κ2) is 11.8. The maximum Gasteiger partial charge on any atom is 0.490 e. The number of hydrogen-bond donors (Lipinski definition) is 2. The number of nitrogens with zero attached hydrogens (tertiary/aromatic N) is 4. The molecule has 2 N–H and O–H groups in total. The summed E-state index contributed by atoms with van der Waals surface area (Å²) in [5, 5.41) is 14.2. The second-order valence-electron chi connectivity index (χ2n) is 7.43. The largest absolute Gasteiger partial charge is 0.490 e. The van der Waals surface area contributed by atoms with Crippen molar-refractivity contribution in [2.45, 2.75) is 36.9 Å². The third-order valence-electron chi connectivity index (χ3n) is 4.74. The van der Waals surface area contributed by atoms with Gasteiger partial charge < -0.3 is 24.6 Å². The number of carboxylic acids is 2. The molecule has 2 aromatic rings. The number of alkyl halides is 6. The molecule has 2 atom stereocenters. The van der Waals surface area contributed by atoms with Gasteiger partial charge in [0.05, 0.1) is 18.8 Å². The van der Waals surface area contributed by atoms with E-state index in [0.29, 0.717) is 12.5 Å². The highest BCUT2D eigenvalue weighted by molar-refractivity contribution is 5.73. The Morgan fingerprint density at radius 2 is 1.53 bits per heavy atom. The number of aromatic nitrogens is 3. The molecular weight excluding hydrogens is 506 g/mol. The second-order valence-corrected chi connectivity index (χ2v) is 7.43. The highest BCUT2D eigenvalue weighted by Gasteiger charge is 2.47. The van der Waals surface area contributed by atoms with Gasteiger partial charge >= 0.3 is 24.3 Å². The molecule has 2 aromatic heterocycles. The van der Waals surface area contributed by atoms with Crippen molar-refractivity contribution in [1.29, 1.82) is 0 Å². The molecule has 0 aromatic carbocycles. The van der Waals surface area contributed by atoms with E-state index in [1.54, 1.807) is 18.6 Å². The van der Waals surface area contributed by atoms with Crippen LogP contribution in [0.5, 0.6) is 5.88 Å². The minimum atomic E-state index is -5.08. The van der Waals surface area contributed by atoms with Crippen molar-refractivity contribution in [2.24, 2.45) is 0 Å². The molecule has 2 aliphatic heterocycles. The van der Waals surface area contributed by atoms with E-state index in [0.717, 1.165) is 31.9 Å². The lowest BCUT2D eigenvalue weighted by Gasteiger charge is -2.23.